The number of aromatic amines is 1. The number of carboxylic acid groups (broad SMARTS) is 1. The summed E-state index contributed by atoms with van der Waals surface area (Å²) in [7, 11) is 0. The fraction of sp³-hybridized carbons (Fsp3) is 0. The van der Waals surface area contributed by atoms with Crippen LogP contribution in [0, 0.1) is 0 Å². The summed E-state index contributed by atoms with van der Waals surface area (Å²) in [6.07, 6.45) is 2.87. The molecule has 2 aromatic heterocycles. The summed E-state index contributed by atoms with van der Waals surface area (Å²) in [6.45, 7) is 0. The lowest BCUT2D eigenvalue weighted by molar-refractivity contribution is 0.0697. The minimum Gasteiger partial charge on any atom is -0.478 e. The van der Waals surface area contributed by atoms with Crippen molar-refractivity contribution in [2.45, 2.75) is 0 Å². The minimum atomic E-state index is -1.03. The molecule has 0 saturated heterocycles. The van der Waals surface area contributed by atoms with E-state index < -0.39 is 5.97 Å². The van der Waals surface area contributed by atoms with Gasteiger partial charge in [-0.2, -0.15) is 5.10 Å². The molecule has 0 atom stereocenters. The molecule has 0 aliphatic carbocycles. The van der Waals surface area contributed by atoms with E-state index in [9.17, 15) is 9.90 Å². The molecule has 6 nitrogen and oxygen atoms in total. The van der Waals surface area contributed by atoms with E-state index in [0.717, 1.165) is 5.69 Å². The van der Waals surface area contributed by atoms with E-state index in [4.69, 9.17) is 0 Å². The van der Waals surface area contributed by atoms with Crippen molar-refractivity contribution in [1.29, 1.82) is 0 Å². The van der Waals surface area contributed by atoms with Crippen molar-refractivity contribution >= 4 is 28.4 Å². The Morgan fingerprint density at radius 3 is 2.74 bits per heavy atom. The van der Waals surface area contributed by atoms with Gasteiger partial charge in [-0.3, -0.25) is 5.10 Å². The van der Waals surface area contributed by atoms with Crippen molar-refractivity contribution in [3.63, 3.8) is 0 Å². The Balaban J connectivity index is 2.16. The maximum Gasteiger partial charge on any atom is 0.339 e. The van der Waals surface area contributed by atoms with Crippen LogP contribution < -0.4 is 5.32 Å². The van der Waals surface area contributed by atoms with Gasteiger partial charge in [0.05, 0.1) is 17.3 Å². The lowest BCUT2D eigenvalue weighted by Crippen LogP contribution is -2.04. The summed E-state index contributed by atoms with van der Waals surface area (Å²) >= 11 is 0. The molecule has 6 heteroatoms. The van der Waals surface area contributed by atoms with Crippen molar-refractivity contribution in [3.8, 4) is 0 Å². The number of aromatic carboxylic acids is 1. The molecule has 3 N–H and O–H groups in total. The highest BCUT2D eigenvalue weighted by Gasteiger charge is 2.15. The second-order valence-corrected chi connectivity index (χ2v) is 3.98. The molecule has 0 bridgehead atoms. The van der Waals surface area contributed by atoms with Crippen LogP contribution in [-0.4, -0.2) is 26.3 Å². The molecule has 0 aliphatic heterocycles. The minimum absolute atomic E-state index is 0.109. The van der Waals surface area contributed by atoms with Crippen molar-refractivity contribution in [1.82, 2.24) is 15.2 Å². The zero-order valence-corrected chi connectivity index (χ0v) is 9.79. The van der Waals surface area contributed by atoms with Crippen LogP contribution in [-0.2, 0) is 0 Å². The molecule has 1 aromatic carbocycles. The van der Waals surface area contributed by atoms with Crippen LogP contribution in [0.3, 0.4) is 0 Å². The Labute approximate surface area is 108 Å². The van der Waals surface area contributed by atoms with E-state index >= 15 is 0 Å². The van der Waals surface area contributed by atoms with Crippen molar-refractivity contribution in [2.75, 3.05) is 5.32 Å². The van der Waals surface area contributed by atoms with E-state index in [0.29, 0.717) is 16.7 Å². The number of anilines is 2. The van der Waals surface area contributed by atoms with E-state index in [1.54, 1.807) is 6.20 Å². The van der Waals surface area contributed by atoms with Gasteiger partial charge in [-0.15, -0.1) is 0 Å². The number of rotatable bonds is 3. The third-order valence-corrected chi connectivity index (χ3v) is 2.75. The van der Waals surface area contributed by atoms with Gasteiger partial charge in [0, 0.05) is 11.9 Å². The number of hydrogen-bond acceptors (Lipinski definition) is 4. The second-order valence-electron chi connectivity index (χ2n) is 3.98. The molecular formula is C13H10N4O2. The molecule has 0 unspecified atom stereocenters. The molecule has 0 radical (unpaired) electrons. The smallest absolute Gasteiger partial charge is 0.339 e. The van der Waals surface area contributed by atoms with Gasteiger partial charge in [0.25, 0.3) is 0 Å². The molecule has 0 spiro atoms. The number of nitrogens with one attached hydrogen (secondary N) is 2. The first-order chi connectivity index (χ1) is 9.25. The number of benzene rings is 1. The maximum atomic E-state index is 11.3. The number of carboxylic acids is 1. The first-order valence-corrected chi connectivity index (χ1v) is 5.63. The average molecular weight is 254 g/mol. The second kappa shape index (κ2) is 4.41. The number of fused-ring (bicyclic) bond motifs is 1. The van der Waals surface area contributed by atoms with Crippen LogP contribution in [0.1, 0.15) is 10.4 Å². The van der Waals surface area contributed by atoms with Crippen molar-refractivity contribution in [2.24, 2.45) is 0 Å². The molecule has 3 rings (SSSR count). The van der Waals surface area contributed by atoms with Crippen molar-refractivity contribution < 1.29 is 9.90 Å². The molecule has 0 amide bonds. The molecule has 3 aromatic rings. The van der Waals surface area contributed by atoms with Gasteiger partial charge in [0.2, 0.25) is 0 Å². The summed E-state index contributed by atoms with van der Waals surface area (Å²) in [6, 6.07) is 9.35. The zero-order chi connectivity index (χ0) is 13.2. The largest absolute Gasteiger partial charge is 0.478 e. The maximum absolute atomic E-state index is 11.3. The monoisotopic (exact) mass is 254 g/mol. The summed E-state index contributed by atoms with van der Waals surface area (Å²) in [5.41, 5.74) is 1.94. The summed E-state index contributed by atoms with van der Waals surface area (Å²) in [4.78, 5) is 15.3. The highest BCUT2D eigenvalue weighted by molar-refractivity contribution is 6.04. The van der Waals surface area contributed by atoms with Gasteiger partial charge in [-0.1, -0.05) is 18.2 Å². The lowest BCUT2D eigenvalue weighted by Gasteiger charge is -2.10. The van der Waals surface area contributed by atoms with Crippen molar-refractivity contribution in [3.05, 3.63) is 48.3 Å². The fourth-order valence-electron chi connectivity index (χ4n) is 1.86. The van der Waals surface area contributed by atoms with E-state index in [-0.39, 0.29) is 5.56 Å². The SMILES string of the molecule is O=C(O)c1cnc2[nH]ncc2c1Nc1ccccc1. The highest BCUT2D eigenvalue weighted by atomic mass is 16.4. The Morgan fingerprint density at radius 2 is 2.00 bits per heavy atom. The van der Waals surface area contributed by atoms with Crippen LogP contribution in [0.15, 0.2) is 42.7 Å². The number of nitrogens with zero attached hydrogens (tertiary/aromatic N) is 2. The molecule has 0 saturated carbocycles. The number of carbonyl (C=O) groups is 1. The molecule has 0 fully saturated rings. The third-order valence-electron chi connectivity index (χ3n) is 2.75. The molecule has 0 aliphatic rings. The predicted molar refractivity (Wildman–Crippen MR) is 70.6 cm³/mol. The normalized spacial score (nSPS) is 10.5. The van der Waals surface area contributed by atoms with Crippen LogP contribution in [0.4, 0.5) is 11.4 Å². The van der Waals surface area contributed by atoms with Crippen LogP contribution >= 0.6 is 0 Å². The van der Waals surface area contributed by atoms with Crippen LogP contribution in [0.5, 0.6) is 0 Å². The average Bonchev–Trinajstić information content (AvgIpc) is 2.88. The summed E-state index contributed by atoms with van der Waals surface area (Å²) in [5, 5.41) is 19.6. The quantitative estimate of drug-likeness (QED) is 0.667. The third kappa shape index (κ3) is 1.99. The number of pyridine rings is 1. The summed E-state index contributed by atoms with van der Waals surface area (Å²) in [5.74, 6) is -1.03. The van der Waals surface area contributed by atoms with Gasteiger partial charge in [-0.25, -0.2) is 9.78 Å². The Morgan fingerprint density at radius 1 is 1.21 bits per heavy atom. The number of H-pyrrole nitrogens is 1. The van der Waals surface area contributed by atoms with Gasteiger partial charge >= 0.3 is 5.97 Å². The summed E-state index contributed by atoms with van der Waals surface area (Å²) < 4.78 is 0. The molecule has 2 heterocycles. The highest BCUT2D eigenvalue weighted by Crippen LogP contribution is 2.27. The van der Waals surface area contributed by atoms with E-state index in [1.165, 1.54) is 6.20 Å². The Kier molecular flexibility index (Phi) is 2.60. The standard InChI is InChI=1S/C13H10N4O2/c18-13(19)10-6-14-12-9(7-15-17-12)11(10)16-8-4-2-1-3-5-8/h1-7H,(H,18,19)(H2,14,15,16,17). The molecular weight excluding hydrogens is 244 g/mol. The van der Waals surface area contributed by atoms with Gasteiger partial charge in [0.15, 0.2) is 5.65 Å². The zero-order valence-electron chi connectivity index (χ0n) is 9.79. The Bertz CT molecular complexity index is 737. The number of hydrogen-bond donors (Lipinski definition) is 3. The van der Waals surface area contributed by atoms with Crippen LogP contribution in [0.2, 0.25) is 0 Å². The fourth-order valence-corrected chi connectivity index (χ4v) is 1.86. The first-order valence-electron chi connectivity index (χ1n) is 5.63. The topological polar surface area (TPSA) is 90.9 Å². The van der Waals surface area contributed by atoms with E-state index in [2.05, 4.69) is 20.5 Å². The lowest BCUT2D eigenvalue weighted by atomic mass is 10.1. The van der Waals surface area contributed by atoms with Gasteiger partial charge in [0.1, 0.15) is 5.56 Å². The van der Waals surface area contributed by atoms with E-state index in [1.807, 2.05) is 30.3 Å². The Hall–Kier alpha value is -2.89. The predicted octanol–water partition coefficient (Wildman–Crippen LogP) is 2.40. The van der Waals surface area contributed by atoms with Gasteiger partial charge < -0.3 is 10.4 Å². The van der Waals surface area contributed by atoms with Crippen LogP contribution in [0.25, 0.3) is 11.0 Å². The van der Waals surface area contributed by atoms with Gasteiger partial charge in [-0.05, 0) is 12.1 Å². The number of para-hydroxylation sites is 1. The molecule has 19 heavy (non-hydrogen) atoms. The first kappa shape index (κ1) is 11.2. The number of aromatic nitrogens is 3. The molecule has 94 valence electrons.